The molecule has 4 heteroatoms. The van der Waals surface area contributed by atoms with Crippen molar-refractivity contribution >= 4 is 0 Å². The van der Waals surface area contributed by atoms with Gasteiger partial charge in [0.1, 0.15) is 5.82 Å². The van der Waals surface area contributed by atoms with Crippen LogP contribution in [0.4, 0.5) is 4.39 Å². The number of benzene rings is 1. The summed E-state index contributed by atoms with van der Waals surface area (Å²) in [5, 5.41) is 0. The smallest absolute Gasteiger partial charge is 0.123 e. The third-order valence-corrected chi connectivity index (χ3v) is 3.52. The minimum Gasteiger partial charge on any atom is -0.298 e. The van der Waals surface area contributed by atoms with Crippen molar-refractivity contribution in [1.29, 1.82) is 0 Å². The van der Waals surface area contributed by atoms with E-state index in [0.717, 1.165) is 30.6 Å². The number of halogens is 1. The lowest BCUT2D eigenvalue weighted by atomic mass is 10.1. The summed E-state index contributed by atoms with van der Waals surface area (Å²) in [7, 11) is 2.07. The van der Waals surface area contributed by atoms with E-state index in [9.17, 15) is 4.39 Å². The summed E-state index contributed by atoms with van der Waals surface area (Å²) in [6, 6.07) is 7.22. The largest absolute Gasteiger partial charge is 0.298 e. The standard InChI is InChI=1S/C16H20FN3/c1-13(6-7-14-4-3-5-15(17)10-14)20(2)12-16-11-18-8-9-19-16/h3-5,8-11,13H,6-7,12H2,1-2H3/t13-/m0/s1. The molecule has 20 heavy (non-hydrogen) atoms. The van der Waals surface area contributed by atoms with E-state index in [1.54, 1.807) is 30.7 Å². The Labute approximate surface area is 119 Å². The lowest BCUT2D eigenvalue weighted by molar-refractivity contribution is 0.235. The molecule has 2 aromatic rings. The van der Waals surface area contributed by atoms with Crippen LogP contribution in [-0.4, -0.2) is 28.0 Å². The monoisotopic (exact) mass is 273 g/mol. The van der Waals surface area contributed by atoms with Crippen LogP contribution in [0.15, 0.2) is 42.9 Å². The summed E-state index contributed by atoms with van der Waals surface area (Å²) in [6.45, 7) is 2.95. The molecule has 0 amide bonds. The van der Waals surface area contributed by atoms with Crippen LogP contribution in [0.2, 0.25) is 0 Å². The summed E-state index contributed by atoms with van der Waals surface area (Å²) < 4.78 is 13.1. The van der Waals surface area contributed by atoms with E-state index >= 15 is 0 Å². The van der Waals surface area contributed by atoms with Crippen LogP contribution in [0.5, 0.6) is 0 Å². The second-order valence-corrected chi connectivity index (χ2v) is 5.13. The quantitative estimate of drug-likeness (QED) is 0.810. The summed E-state index contributed by atoms with van der Waals surface area (Å²) >= 11 is 0. The fourth-order valence-corrected chi connectivity index (χ4v) is 2.11. The Morgan fingerprint density at radius 2 is 2.15 bits per heavy atom. The number of hydrogen-bond acceptors (Lipinski definition) is 3. The maximum absolute atomic E-state index is 13.1. The Bertz CT molecular complexity index is 530. The highest BCUT2D eigenvalue weighted by molar-refractivity contribution is 5.16. The Kier molecular flexibility index (Phi) is 5.18. The van der Waals surface area contributed by atoms with E-state index < -0.39 is 0 Å². The summed E-state index contributed by atoms with van der Waals surface area (Å²) in [5.41, 5.74) is 2.01. The molecule has 106 valence electrons. The molecule has 1 heterocycles. The highest BCUT2D eigenvalue weighted by Crippen LogP contribution is 2.11. The molecule has 0 fully saturated rings. The normalized spacial score (nSPS) is 12.6. The first kappa shape index (κ1) is 14.6. The number of aryl methyl sites for hydroxylation is 1. The van der Waals surface area contributed by atoms with Gasteiger partial charge in [0.05, 0.1) is 5.69 Å². The Morgan fingerprint density at radius 3 is 2.85 bits per heavy atom. The SMILES string of the molecule is C[C@@H](CCc1cccc(F)c1)N(C)Cc1cnccn1. The maximum Gasteiger partial charge on any atom is 0.123 e. The van der Waals surface area contributed by atoms with Gasteiger partial charge in [0.25, 0.3) is 0 Å². The van der Waals surface area contributed by atoms with Crippen molar-refractivity contribution in [3.8, 4) is 0 Å². The lowest BCUT2D eigenvalue weighted by Gasteiger charge is -2.24. The fourth-order valence-electron chi connectivity index (χ4n) is 2.11. The van der Waals surface area contributed by atoms with Gasteiger partial charge in [-0.2, -0.15) is 0 Å². The van der Waals surface area contributed by atoms with Crippen molar-refractivity contribution in [2.24, 2.45) is 0 Å². The van der Waals surface area contributed by atoms with Crippen LogP contribution in [0.1, 0.15) is 24.6 Å². The van der Waals surface area contributed by atoms with Gasteiger partial charge >= 0.3 is 0 Å². The van der Waals surface area contributed by atoms with Gasteiger partial charge < -0.3 is 0 Å². The molecule has 3 nitrogen and oxygen atoms in total. The molecular weight excluding hydrogens is 253 g/mol. The second-order valence-electron chi connectivity index (χ2n) is 5.13. The van der Waals surface area contributed by atoms with Gasteiger partial charge in [0, 0.05) is 31.2 Å². The average molecular weight is 273 g/mol. The van der Waals surface area contributed by atoms with Crippen molar-refractivity contribution in [3.05, 3.63) is 59.9 Å². The number of nitrogens with zero attached hydrogens (tertiary/aromatic N) is 3. The lowest BCUT2D eigenvalue weighted by Crippen LogP contribution is -2.29. The molecule has 0 bridgehead atoms. The van der Waals surface area contributed by atoms with Crippen molar-refractivity contribution in [2.75, 3.05) is 7.05 Å². The van der Waals surface area contributed by atoms with Gasteiger partial charge in [0.2, 0.25) is 0 Å². The zero-order valence-electron chi connectivity index (χ0n) is 12.0. The van der Waals surface area contributed by atoms with Gasteiger partial charge in [0.15, 0.2) is 0 Å². The summed E-state index contributed by atoms with van der Waals surface area (Å²) in [6.07, 6.45) is 7.04. The number of aromatic nitrogens is 2. The van der Waals surface area contributed by atoms with Crippen molar-refractivity contribution in [2.45, 2.75) is 32.4 Å². The van der Waals surface area contributed by atoms with Gasteiger partial charge in [-0.25, -0.2) is 4.39 Å². The van der Waals surface area contributed by atoms with Crippen LogP contribution in [0.3, 0.4) is 0 Å². The van der Waals surface area contributed by atoms with Gasteiger partial charge in [-0.15, -0.1) is 0 Å². The van der Waals surface area contributed by atoms with Crippen molar-refractivity contribution < 1.29 is 4.39 Å². The molecule has 1 atom stereocenters. The first-order chi connectivity index (χ1) is 9.65. The van der Waals surface area contributed by atoms with E-state index in [2.05, 4.69) is 28.8 Å². The topological polar surface area (TPSA) is 29.0 Å². The minimum absolute atomic E-state index is 0.164. The second kappa shape index (κ2) is 7.10. The molecule has 0 radical (unpaired) electrons. The van der Waals surface area contributed by atoms with Crippen LogP contribution in [0.25, 0.3) is 0 Å². The predicted molar refractivity (Wildman–Crippen MR) is 77.7 cm³/mol. The molecule has 0 unspecified atom stereocenters. The molecular formula is C16H20FN3. The average Bonchev–Trinajstić information content (AvgIpc) is 2.46. The van der Waals surface area contributed by atoms with Gasteiger partial charge in [-0.1, -0.05) is 12.1 Å². The minimum atomic E-state index is -0.164. The molecule has 0 N–H and O–H groups in total. The zero-order valence-corrected chi connectivity index (χ0v) is 12.0. The van der Waals surface area contributed by atoms with E-state index in [4.69, 9.17) is 0 Å². The molecule has 1 aromatic heterocycles. The van der Waals surface area contributed by atoms with Crippen molar-refractivity contribution in [1.82, 2.24) is 14.9 Å². The number of hydrogen-bond donors (Lipinski definition) is 0. The molecule has 0 aliphatic carbocycles. The fraction of sp³-hybridized carbons (Fsp3) is 0.375. The molecule has 2 rings (SSSR count). The van der Waals surface area contributed by atoms with E-state index in [1.807, 2.05) is 6.07 Å². The van der Waals surface area contributed by atoms with Crippen LogP contribution in [-0.2, 0) is 13.0 Å². The molecule has 0 saturated carbocycles. The highest BCUT2D eigenvalue weighted by atomic mass is 19.1. The molecule has 0 spiro atoms. The first-order valence-electron chi connectivity index (χ1n) is 6.84. The highest BCUT2D eigenvalue weighted by Gasteiger charge is 2.10. The Morgan fingerprint density at radius 1 is 1.30 bits per heavy atom. The van der Waals surface area contributed by atoms with Crippen LogP contribution >= 0.6 is 0 Å². The summed E-state index contributed by atoms with van der Waals surface area (Å²) in [4.78, 5) is 10.6. The summed E-state index contributed by atoms with van der Waals surface area (Å²) in [5.74, 6) is -0.164. The molecule has 0 saturated heterocycles. The van der Waals surface area contributed by atoms with Crippen molar-refractivity contribution in [3.63, 3.8) is 0 Å². The van der Waals surface area contributed by atoms with Gasteiger partial charge in [-0.3, -0.25) is 14.9 Å². The maximum atomic E-state index is 13.1. The first-order valence-corrected chi connectivity index (χ1v) is 6.84. The van der Waals surface area contributed by atoms with Crippen LogP contribution in [0, 0.1) is 5.82 Å². The number of rotatable bonds is 6. The third-order valence-electron chi connectivity index (χ3n) is 3.52. The molecule has 0 aliphatic heterocycles. The zero-order chi connectivity index (χ0) is 14.4. The Hall–Kier alpha value is -1.81. The Balaban J connectivity index is 1.83. The third kappa shape index (κ3) is 4.38. The van der Waals surface area contributed by atoms with E-state index in [1.165, 1.54) is 6.07 Å². The van der Waals surface area contributed by atoms with Crippen LogP contribution < -0.4 is 0 Å². The predicted octanol–water partition coefficient (Wildman–Crippen LogP) is 3.07. The van der Waals surface area contributed by atoms with Gasteiger partial charge in [-0.05, 0) is 44.5 Å². The molecule has 1 aromatic carbocycles. The van der Waals surface area contributed by atoms with E-state index in [0.29, 0.717) is 6.04 Å². The van der Waals surface area contributed by atoms with E-state index in [-0.39, 0.29) is 5.82 Å². The molecule has 0 aliphatic rings.